The van der Waals surface area contributed by atoms with Crippen molar-refractivity contribution in [3.05, 3.63) is 35.7 Å². The first-order chi connectivity index (χ1) is 12.2. The Kier molecular flexibility index (Phi) is 10.2. The van der Waals surface area contributed by atoms with E-state index in [0.29, 0.717) is 5.89 Å². The summed E-state index contributed by atoms with van der Waals surface area (Å²) in [6.07, 6.45) is 4.08. The number of halogens is 1. The summed E-state index contributed by atoms with van der Waals surface area (Å²) in [5.41, 5.74) is 2.22. The number of nitrogens with one attached hydrogen (secondary N) is 1. The molecule has 0 amide bonds. The molecule has 2 rings (SSSR count). The molecule has 0 saturated carbocycles. The Morgan fingerprint density at radius 2 is 1.96 bits per heavy atom. The van der Waals surface area contributed by atoms with Crippen molar-refractivity contribution in [2.45, 2.75) is 39.5 Å². The minimum atomic E-state index is 0. The first kappa shape index (κ1) is 22.4. The summed E-state index contributed by atoms with van der Waals surface area (Å²) in [6.45, 7) is 6.08. The van der Waals surface area contributed by atoms with E-state index in [9.17, 15) is 0 Å². The van der Waals surface area contributed by atoms with Crippen LogP contribution in [-0.2, 0) is 12.8 Å². The van der Waals surface area contributed by atoms with Crippen LogP contribution in [0.1, 0.15) is 38.1 Å². The van der Waals surface area contributed by atoms with Crippen LogP contribution in [0.4, 0.5) is 0 Å². The van der Waals surface area contributed by atoms with Crippen LogP contribution in [0.3, 0.4) is 0 Å². The summed E-state index contributed by atoms with van der Waals surface area (Å²) in [5.74, 6) is 2.27. The van der Waals surface area contributed by atoms with Crippen LogP contribution in [0.5, 0.6) is 0 Å². The van der Waals surface area contributed by atoms with Gasteiger partial charge < -0.3 is 14.7 Å². The number of benzene rings is 1. The first-order valence-corrected chi connectivity index (χ1v) is 9.01. The molecular weight excluding hydrogens is 441 g/mol. The maximum absolute atomic E-state index is 5.27. The van der Waals surface area contributed by atoms with Gasteiger partial charge >= 0.3 is 0 Å². The van der Waals surface area contributed by atoms with E-state index >= 15 is 0 Å². The highest BCUT2D eigenvalue weighted by atomic mass is 127. The van der Waals surface area contributed by atoms with Gasteiger partial charge in [0.15, 0.2) is 11.8 Å². The number of nitrogens with zero attached hydrogens (tertiary/aromatic N) is 4. The van der Waals surface area contributed by atoms with Crippen LogP contribution in [-0.4, -0.2) is 48.2 Å². The molecule has 0 bridgehead atoms. The highest BCUT2D eigenvalue weighted by Gasteiger charge is 2.08. The van der Waals surface area contributed by atoms with Gasteiger partial charge in [0, 0.05) is 39.2 Å². The molecule has 0 fully saturated rings. The first-order valence-electron chi connectivity index (χ1n) is 9.01. The van der Waals surface area contributed by atoms with Crippen molar-refractivity contribution in [2.75, 3.05) is 27.2 Å². The Hall–Kier alpha value is -1.64. The molecule has 1 N–H and O–H groups in total. The summed E-state index contributed by atoms with van der Waals surface area (Å²) in [5, 5.41) is 7.35. The van der Waals surface area contributed by atoms with Gasteiger partial charge in [-0.3, -0.25) is 4.99 Å². The molecule has 0 spiro atoms. The van der Waals surface area contributed by atoms with Crippen molar-refractivity contribution >= 4 is 29.9 Å². The topological polar surface area (TPSA) is 66.5 Å². The molecular formula is C19H30IN5O. The molecule has 0 aliphatic carbocycles. The Morgan fingerprint density at radius 1 is 1.23 bits per heavy atom. The van der Waals surface area contributed by atoms with E-state index in [2.05, 4.69) is 51.5 Å². The second kappa shape index (κ2) is 11.9. The van der Waals surface area contributed by atoms with E-state index in [-0.39, 0.29) is 24.0 Å². The van der Waals surface area contributed by atoms with Crippen molar-refractivity contribution in [1.29, 1.82) is 0 Å². The lowest BCUT2D eigenvalue weighted by molar-refractivity contribution is 0.423. The van der Waals surface area contributed by atoms with Gasteiger partial charge in [-0.25, -0.2) is 0 Å². The minimum Gasteiger partial charge on any atom is -0.356 e. The van der Waals surface area contributed by atoms with E-state index in [1.165, 1.54) is 18.4 Å². The third kappa shape index (κ3) is 6.59. The maximum atomic E-state index is 5.27. The van der Waals surface area contributed by atoms with Crippen molar-refractivity contribution in [3.8, 4) is 11.5 Å². The number of aromatic nitrogens is 2. The van der Waals surface area contributed by atoms with E-state index in [4.69, 9.17) is 4.52 Å². The molecule has 144 valence electrons. The Bertz CT molecular complexity index is 669. The van der Waals surface area contributed by atoms with Gasteiger partial charge in [0.1, 0.15) is 0 Å². The SMILES string of the molecule is CCCCN(C)C(=NC)NCCc1ccc(-c2nc(CC)no2)cc1.I. The van der Waals surface area contributed by atoms with Gasteiger partial charge in [0.25, 0.3) is 5.89 Å². The zero-order valence-electron chi connectivity index (χ0n) is 16.2. The number of aliphatic imine (C=N–C) groups is 1. The van der Waals surface area contributed by atoms with Gasteiger partial charge in [-0.2, -0.15) is 4.98 Å². The monoisotopic (exact) mass is 471 g/mol. The van der Waals surface area contributed by atoms with Gasteiger partial charge in [-0.1, -0.05) is 37.6 Å². The van der Waals surface area contributed by atoms with Gasteiger partial charge in [-0.05, 0) is 30.5 Å². The third-order valence-corrected chi connectivity index (χ3v) is 4.10. The molecule has 1 heterocycles. The van der Waals surface area contributed by atoms with E-state index in [1.807, 2.05) is 26.1 Å². The van der Waals surface area contributed by atoms with Crippen LogP contribution in [0.25, 0.3) is 11.5 Å². The summed E-state index contributed by atoms with van der Waals surface area (Å²) in [7, 11) is 3.91. The smallest absolute Gasteiger partial charge is 0.257 e. The van der Waals surface area contributed by atoms with Crippen molar-refractivity contribution in [2.24, 2.45) is 4.99 Å². The fourth-order valence-electron chi connectivity index (χ4n) is 2.53. The normalized spacial score (nSPS) is 11.2. The number of hydrogen-bond donors (Lipinski definition) is 1. The van der Waals surface area contributed by atoms with Crippen LogP contribution in [0, 0.1) is 0 Å². The second-order valence-electron chi connectivity index (χ2n) is 6.07. The average Bonchev–Trinajstić information content (AvgIpc) is 3.13. The zero-order valence-corrected chi connectivity index (χ0v) is 18.5. The molecule has 26 heavy (non-hydrogen) atoms. The minimum absolute atomic E-state index is 0. The summed E-state index contributed by atoms with van der Waals surface area (Å²) in [6, 6.07) is 8.28. The van der Waals surface area contributed by atoms with Gasteiger partial charge in [-0.15, -0.1) is 24.0 Å². The number of rotatable bonds is 8. The maximum Gasteiger partial charge on any atom is 0.257 e. The van der Waals surface area contributed by atoms with E-state index in [0.717, 1.165) is 43.3 Å². The Morgan fingerprint density at radius 3 is 2.54 bits per heavy atom. The van der Waals surface area contributed by atoms with Crippen LogP contribution >= 0.6 is 24.0 Å². The third-order valence-electron chi connectivity index (χ3n) is 4.10. The van der Waals surface area contributed by atoms with Crippen LogP contribution in [0.15, 0.2) is 33.8 Å². The number of hydrogen-bond acceptors (Lipinski definition) is 4. The predicted octanol–water partition coefficient (Wildman–Crippen LogP) is 3.77. The molecule has 1 aromatic heterocycles. The van der Waals surface area contributed by atoms with Crippen molar-refractivity contribution < 1.29 is 4.52 Å². The molecule has 1 aromatic carbocycles. The van der Waals surface area contributed by atoms with Crippen LogP contribution < -0.4 is 5.32 Å². The molecule has 0 aliphatic heterocycles. The lowest BCUT2D eigenvalue weighted by atomic mass is 10.1. The molecule has 0 unspecified atom stereocenters. The highest BCUT2D eigenvalue weighted by molar-refractivity contribution is 14.0. The zero-order chi connectivity index (χ0) is 18.1. The lowest BCUT2D eigenvalue weighted by Crippen LogP contribution is -2.40. The molecule has 0 saturated heterocycles. The lowest BCUT2D eigenvalue weighted by Gasteiger charge is -2.21. The quantitative estimate of drug-likeness (QED) is 0.361. The molecule has 7 heteroatoms. The summed E-state index contributed by atoms with van der Waals surface area (Å²) < 4.78 is 5.27. The number of aryl methyl sites for hydroxylation is 1. The van der Waals surface area contributed by atoms with Crippen molar-refractivity contribution in [3.63, 3.8) is 0 Å². The summed E-state index contributed by atoms with van der Waals surface area (Å²) >= 11 is 0. The molecule has 2 aromatic rings. The predicted molar refractivity (Wildman–Crippen MR) is 117 cm³/mol. The average molecular weight is 471 g/mol. The largest absolute Gasteiger partial charge is 0.356 e. The van der Waals surface area contributed by atoms with Crippen molar-refractivity contribution in [1.82, 2.24) is 20.4 Å². The summed E-state index contributed by atoms with van der Waals surface area (Å²) in [4.78, 5) is 10.9. The highest BCUT2D eigenvalue weighted by Crippen LogP contribution is 2.18. The molecule has 0 atom stereocenters. The fourth-order valence-corrected chi connectivity index (χ4v) is 2.53. The standard InChI is InChI=1S/C19H29N5O.HI/c1-5-7-14-24(4)19(20-3)21-13-12-15-8-10-16(11-9-15)18-22-17(6-2)23-25-18;/h8-11H,5-7,12-14H2,1-4H3,(H,20,21);1H. The van der Waals surface area contributed by atoms with E-state index < -0.39 is 0 Å². The van der Waals surface area contributed by atoms with Gasteiger partial charge in [0.05, 0.1) is 0 Å². The molecule has 0 aliphatic rings. The van der Waals surface area contributed by atoms with Crippen LogP contribution in [0.2, 0.25) is 0 Å². The number of guanidine groups is 1. The Labute approximate surface area is 173 Å². The van der Waals surface area contributed by atoms with Gasteiger partial charge in [0.2, 0.25) is 0 Å². The molecule has 0 radical (unpaired) electrons. The fraction of sp³-hybridized carbons (Fsp3) is 0.526. The van der Waals surface area contributed by atoms with E-state index in [1.54, 1.807) is 0 Å². The Balaban J connectivity index is 0.00000338. The molecule has 6 nitrogen and oxygen atoms in total. The number of unbranched alkanes of at least 4 members (excludes halogenated alkanes) is 1. The second-order valence-corrected chi connectivity index (χ2v) is 6.07.